The van der Waals surface area contributed by atoms with Gasteiger partial charge in [-0.3, -0.25) is 25.6 Å². The summed E-state index contributed by atoms with van der Waals surface area (Å²) in [6.45, 7) is 4.68. The average Bonchev–Trinajstić information content (AvgIpc) is 3.28. The van der Waals surface area contributed by atoms with Gasteiger partial charge in [-0.2, -0.15) is 0 Å². The van der Waals surface area contributed by atoms with Crippen LogP contribution in [-0.2, 0) is 0 Å². The van der Waals surface area contributed by atoms with Gasteiger partial charge in [0.15, 0.2) is 0 Å². The first kappa shape index (κ1) is 19.2. The summed E-state index contributed by atoms with van der Waals surface area (Å²) in [4.78, 5) is 23.6. The number of hydrogen-bond acceptors (Lipinski definition) is 5. The molecule has 3 heterocycles. The van der Waals surface area contributed by atoms with Crippen molar-refractivity contribution < 1.29 is 4.79 Å². The number of rotatable bonds is 3. The van der Waals surface area contributed by atoms with E-state index in [4.69, 9.17) is 0 Å². The molecule has 2 aliphatic heterocycles. The molecule has 2 saturated heterocycles. The number of likely N-dealkylation sites (tertiary alicyclic amines) is 1. The number of aryl methyl sites for hydroxylation is 1. The molecule has 0 bridgehead atoms. The van der Waals surface area contributed by atoms with Crippen molar-refractivity contribution in [2.24, 2.45) is 5.92 Å². The molecule has 2 atom stereocenters. The van der Waals surface area contributed by atoms with Gasteiger partial charge in [-0.05, 0) is 49.4 Å². The Bertz CT molecular complexity index is 1060. The van der Waals surface area contributed by atoms with Crippen LogP contribution in [0.15, 0.2) is 54.9 Å². The van der Waals surface area contributed by atoms with Crippen LogP contribution in [-0.4, -0.2) is 46.5 Å². The molecule has 2 aliphatic rings. The number of aromatic nitrogens is 2. The first-order chi connectivity index (χ1) is 14.7. The van der Waals surface area contributed by atoms with Crippen molar-refractivity contribution in [2.75, 3.05) is 19.6 Å². The number of nitrogens with zero attached hydrogens (tertiary/aromatic N) is 3. The van der Waals surface area contributed by atoms with E-state index in [-0.39, 0.29) is 5.91 Å². The summed E-state index contributed by atoms with van der Waals surface area (Å²) in [5.74, 6) is 1.11. The maximum atomic E-state index is 13.0. The highest BCUT2D eigenvalue weighted by Gasteiger charge is 2.37. The average molecular weight is 402 g/mol. The van der Waals surface area contributed by atoms with Gasteiger partial charge in [0.25, 0.3) is 5.91 Å². The molecule has 3 aromatic rings. The number of amides is 1. The van der Waals surface area contributed by atoms with E-state index in [1.807, 2.05) is 23.1 Å². The Kier molecular flexibility index (Phi) is 5.19. The summed E-state index contributed by atoms with van der Waals surface area (Å²) in [7, 11) is 0. The molecule has 0 saturated carbocycles. The molecule has 1 amide bonds. The first-order valence-corrected chi connectivity index (χ1v) is 10.7. The number of carbonyl (C=O) groups excluding carboxylic acids is 1. The molecule has 2 aromatic carbocycles. The fourth-order valence-electron chi connectivity index (χ4n) is 4.93. The Balaban J connectivity index is 1.26. The smallest absolute Gasteiger partial charge is 0.253 e. The number of carbonyl (C=O) groups is 1. The standard InChI is InChI=1S/C24H27N5O/c1-16-3-2-4-18(13-16)20-15-27-28-23(20)17-7-11-29(12-8-17)24(30)19-5-6-21-22(14-19)26-10-9-25-21/h2-6,9-10,13-14,17,20,23,27-28H,7-8,11-12,15H2,1H3. The molecule has 2 N–H and O–H groups in total. The van der Waals surface area contributed by atoms with Crippen LogP contribution in [0.3, 0.4) is 0 Å². The van der Waals surface area contributed by atoms with Crippen LogP contribution >= 0.6 is 0 Å². The van der Waals surface area contributed by atoms with Crippen molar-refractivity contribution in [2.45, 2.75) is 31.7 Å². The minimum absolute atomic E-state index is 0.0914. The fourth-order valence-corrected chi connectivity index (χ4v) is 4.93. The summed E-state index contributed by atoms with van der Waals surface area (Å²) >= 11 is 0. The van der Waals surface area contributed by atoms with Gasteiger partial charge in [0.05, 0.1) is 11.0 Å². The molecule has 5 rings (SSSR count). The van der Waals surface area contributed by atoms with Crippen LogP contribution in [0.5, 0.6) is 0 Å². The lowest BCUT2D eigenvalue weighted by Gasteiger charge is -2.36. The van der Waals surface area contributed by atoms with Gasteiger partial charge < -0.3 is 4.90 Å². The minimum Gasteiger partial charge on any atom is -0.339 e. The largest absolute Gasteiger partial charge is 0.339 e. The lowest BCUT2D eigenvalue weighted by molar-refractivity contribution is 0.0670. The summed E-state index contributed by atoms with van der Waals surface area (Å²) in [6.07, 6.45) is 5.36. The maximum Gasteiger partial charge on any atom is 0.253 e. The highest BCUT2D eigenvalue weighted by molar-refractivity contribution is 5.97. The van der Waals surface area contributed by atoms with Crippen molar-refractivity contribution in [1.82, 2.24) is 25.7 Å². The van der Waals surface area contributed by atoms with E-state index in [9.17, 15) is 4.79 Å². The van der Waals surface area contributed by atoms with E-state index in [0.29, 0.717) is 23.4 Å². The Morgan fingerprint density at radius 2 is 1.83 bits per heavy atom. The third-order valence-corrected chi connectivity index (χ3v) is 6.55. The van der Waals surface area contributed by atoms with E-state index in [1.165, 1.54) is 11.1 Å². The number of nitrogens with one attached hydrogen (secondary N) is 2. The van der Waals surface area contributed by atoms with Gasteiger partial charge in [0, 0.05) is 49.6 Å². The first-order valence-electron chi connectivity index (χ1n) is 10.7. The summed E-state index contributed by atoms with van der Waals surface area (Å²) in [5.41, 5.74) is 11.9. The second kappa shape index (κ2) is 8.13. The SMILES string of the molecule is Cc1cccc(C2CNNC2C2CCN(C(=O)c3ccc4nccnc4c3)CC2)c1. The lowest BCUT2D eigenvalue weighted by Crippen LogP contribution is -2.45. The van der Waals surface area contributed by atoms with Crippen molar-refractivity contribution in [3.05, 3.63) is 71.5 Å². The van der Waals surface area contributed by atoms with Crippen LogP contribution < -0.4 is 10.9 Å². The van der Waals surface area contributed by atoms with Crippen LogP contribution in [0, 0.1) is 12.8 Å². The molecule has 0 aliphatic carbocycles. The zero-order valence-corrected chi connectivity index (χ0v) is 17.2. The van der Waals surface area contributed by atoms with Crippen LogP contribution in [0.2, 0.25) is 0 Å². The van der Waals surface area contributed by atoms with Crippen LogP contribution in [0.25, 0.3) is 11.0 Å². The molecule has 0 radical (unpaired) electrons. The topological polar surface area (TPSA) is 70.2 Å². The molecular formula is C24H27N5O. The predicted molar refractivity (Wildman–Crippen MR) is 117 cm³/mol. The Morgan fingerprint density at radius 1 is 1.03 bits per heavy atom. The monoisotopic (exact) mass is 401 g/mol. The van der Waals surface area contributed by atoms with Gasteiger partial charge in [-0.15, -0.1) is 0 Å². The Hall–Kier alpha value is -2.83. The molecule has 0 spiro atoms. The molecule has 1 aromatic heterocycles. The number of benzene rings is 2. The molecule has 6 nitrogen and oxygen atoms in total. The van der Waals surface area contributed by atoms with Gasteiger partial charge in [0.2, 0.25) is 0 Å². The minimum atomic E-state index is 0.0914. The quantitative estimate of drug-likeness (QED) is 0.706. The molecule has 30 heavy (non-hydrogen) atoms. The van der Waals surface area contributed by atoms with Crippen molar-refractivity contribution in [3.63, 3.8) is 0 Å². The van der Waals surface area contributed by atoms with E-state index >= 15 is 0 Å². The van der Waals surface area contributed by atoms with Gasteiger partial charge in [-0.25, -0.2) is 0 Å². The van der Waals surface area contributed by atoms with Crippen molar-refractivity contribution >= 4 is 16.9 Å². The maximum absolute atomic E-state index is 13.0. The third-order valence-electron chi connectivity index (χ3n) is 6.55. The Morgan fingerprint density at radius 3 is 2.63 bits per heavy atom. The zero-order valence-electron chi connectivity index (χ0n) is 17.2. The van der Waals surface area contributed by atoms with E-state index in [1.54, 1.807) is 12.4 Å². The normalized spacial score (nSPS) is 22.5. The molecule has 154 valence electrons. The molecular weight excluding hydrogens is 374 g/mol. The van der Waals surface area contributed by atoms with E-state index in [2.05, 4.69) is 52.0 Å². The van der Waals surface area contributed by atoms with E-state index < -0.39 is 0 Å². The molecule has 2 unspecified atom stereocenters. The van der Waals surface area contributed by atoms with Crippen molar-refractivity contribution in [1.29, 1.82) is 0 Å². The second-order valence-electron chi connectivity index (χ2n) is 8.46. The number of piperidine rings is 1. The highest BCUT2D eigenvalue weighted by atomic mass is 16.2. The third kappa shape index (κ3) is 3.68. The Labute approximate surface area is 176 Å². The lowest BCUT2D eigenvalue weighted by atomic mass is 9.80. The van der Waals surface area contributed by atoms with Crippen LogP contribution in [0.4, 0.5) is 0 Å². The highest BCUT2D eigenvalue weighted by Crippen LogP contribution is 2.33. The molecule has 2 fully saturated rings. The number of fused-ring (bicyclic) bond motifs is 1. The van der Waals surface area contributed by atoms with Gasteiger partial charge >= 0.3 is 0 Å². The summed E-state index contributed by atoms with van der Waals surface area (Å²) < 4.78 is 0. The summed E-state index contributed by atoms with van der Waals surface area (Å²) in [5, 5.41) is 0. The zero-order chi connectivity index (χ0) is 20.5. The van der Waals surface area contributed by atoms with Crippen molar-refractivity contribution in [3.8, 4) is 0 Å². The summed E-state index contributed by atoms with van der Waals surface area (Å²) in [6, 6.07) is 14.8. The number of hydrazine groups is 1. The number of hydrogen-bond donors (Lipinski definition) is 2. The fraction of sp³-hybridized carbons (Fsp3) is 0.375. The van der Waals surface area contributed by atoms with E-state index in [0.717, 1.165) is 43.5 Å². The van der Waals surface area contributed by atoms with Gasteiger partial charge in [-0.1, -0.05) is 29.8 Å². The second-order valence-corrected chi connectivity index (χ2v) is 8.46. The van der Waals surface area contributed by atoms with Gasteiger partial charge in [0.1, 0.15) is 0 Å². The van der Waals surface area contributed by atoms with Crippen LogP contribution in [0.1, 0.15) is 40.2 Å². The molecule has 6 heteroatoms. The predicted octanol–water partition coefficient (Wildman–Crippen LogP) is 3.05.